The fraction of sp³-hybridized carbons (Fsp3) is 0.857. The molecule has 0 amide bonds. The van der Waals surface area contributed by atoms with Crippen molar-refractivity contribution in [1.82, 2.24) is 0 Å². The summed E-state index contributed by atoms with van der Waals surface area (Å²) < 4.78 is 15.8. The third kappa shape index (κ3) is 5.59. The SMILES string of the molecule is CC(C)OC(=O)[C@@H](C)O[C@@H]1C[C@H]1C(=O)OC(C)(C)C. The van der Waals surface area contributed by atoms with E-state index >= 15 is 0 Å². The highest BCUT2D eigenvalue weighted by atomic mass is 16.6. The smallest absolute Gasteiger partial charge is 0.335 e. The van der Waals surface area contributed by atoms with Gasteiger partial charge in [-0.1, -0.05) is 0 Å². The van der Waals surface area contributed by atoms with Crippen molar-refractivity contribution in [2.45, 2.75) is 71.9 Å². The van der Waals surface area contributed by atoms with Crippen LogP contribution in [0, 0.1) is 5.92 Å². The zero-order valence-electron chi connectivity index (χ0n) is 12.6. The Morgan fingerprint density at radius 1 is 1.16 bits per heavy atom. The lowest BCUT2D eigenvalue weighted by Gasteiger charge is -2.19. The van der Waals surface area contributed by atoms with E-state index in [2.05, 4.69) is 0 Å². The second-order valence-electron chi connectivity index (χ2n) is 6.18. The van der Waals surface area contributed by atoms with Crippen LogP contribution in [0.3, 0.4) is 0 Å². The summed E-state index contributed by atoms with van der Waals surface area (Å²) in [4.78, 5) is 23.3. The van der Waals surface area contributed by atoms with Crippen LogP contribution in [0.25, 0.3) is 0 Å². The van der Waals surface area contributed by atoms with Gasteiger partial charge in [0.15, 0.2) is 6.10 Å². The fourth-order valence-corrected chi connectivity index (χ4v) is 1.59. The molecule has 1 rings (SSSR count). The standard InChI is InChI=1S/C14H24O5/c1-8(2)17-12(15)9(3)18-11-7-10(11)13(16)19-14(4,5)6/h8-11H,7H2,1-6H3/t9-,10-,11-/m1/s1. The Balaban J connectivity index is 2.34. The number of rotatable bonds is 5. The third-order valence-corrected chi connectivity index (χ3v) is 2.50. The summed E-state index contributed by atoms with van der Waals surface area (Å²) in [6.45, 7) is 10.7. The van der Waals surface area contributed by atoms with Crippen LogP contribution in [-0.4, -0.2) is 35.9 Å². The quantitative estimate of drug-likeness (QED) is 0.717. The molecule has 0 unspecified atom stereocenters. The highest BCUT2D eigenvalue weighted by Crippen LogP contribution is 2.36. The third-order valence-electron chi connectivity index (χ3n) is 2.50. The number of esters is 2. The molecule has 1 aliphatic rings. The molecule has 0 aromatic heterocycles. The summed E-state index contributed by atoms with van der Waals surface area (Å²) in [6, 6.07) is 0. The van der Waals surface area contributed by atoms with Crippen molar-refractivity contribution in [2.75, 3.05) is 0 Å². The van der Waals surface area contributed by atoms with E-state index in [1.807, 2.05) is 20.8 Å². The molecular weight excluding hydrogens is 248 g/mol. The van der Waals surface area contributed by atoms with Crippen LogP contribution in [0.5, 0.6) is 0 Å². The van der Waals surface area contributed by atoms with E-state index in [0.29, 0.717) is 6.42 Å². The fourth-order valence-electron chi connectivity index (χ4n) is 1.59. The van der Waals surface area contributed by atoms with Gasteiger partial charge in [-0.15, -0.1) is 0 Å². The van der Waals surface area contributed by atoms with E-state index in [1.54, 1.807) is 20.8 Å². The van der Waals surface area contributed by atoms with Crippen molar-refractivity contribution in [3.8, 4) is 0 Å². The molecule has 0 aromatic rings. The lowest BCUT2D eigenvalue weighted by molar-refractivity contribution is -0.164. The van der Waals surface area contributed by atoms with Crippen LogP contribution in [0.4, 0.5) is 0 Å². The van der Waals surface area contributed by atoms with Gasteiger partial charge in [0.05, 0.1) is 18.1 Å². The maximum absolute atomic E-state index is 11.7. The van der Waals surface area contributed by atoms with Gasteiger partial charge < -0.3 is 14.2 Å². The molecule has 0 aromatic carbocycles. The molecule has 0 radical (unpaired) electrons. The molecule has 0 N–H and O–H groups in total. The van der Waals surface area contributed by atoms with Gasteiger partial charge in [0.2, 0.25) is 0 Å². The molecular formula is C14H24O5. The maximum atomic E-state index is 11.7. The first-order chi connectivity index (χ1) is 8.60. The van der Waals surface area contributed by atoms with Gasteiger partial charge in [0, 0.05) is 0 Å². The summed E-state index contributed by atoms with van der Waals surface area (Å²) in [6.07, 6.45) is -0.447. The molecule has 0 aliphatic heterocycles. The minimum Gasteiger partial charge on any atom is -0.461 e. The van der Waals surface area contributed by atoms with Gasteiger partial charge in [-0.2, -0.15) is 0 Å². The highest BCUT2D eigenvalue weighted by Gasteiger charge is 2.48. The predicted molar refractivity (Wildman–Crippen MR) is 69.5 cm³/mol. The van der Waals surface area contributed by atoms with Gasteiger partial charge in [-0.3, -0.25) is 4.79 Å². The van der Waals surface area contributed by atoms with E-state index in [9.17, 15) is 9.59 Å². The van der Waals surface area contributed by atoms with Crippen molar-refractivity contribution in [3.05, 3.63) is 0 Å². The Hall–Kier alpha value is -1.10. The normalized spacial score (nSPS) is 23.9. The number of carbonyl (C=O) groups is 2. The monoisotopic (exact) mass is 272 g/mol. The minimum absolute atomic E-state index is 0.167. The van der Waals surface area contributed by atoms with Gasteiger partial charge in [0.1, 0.15) is 5.60 Å². The second-order valence-corrected chi connectivity index (χ2v) is 6.18. The number of carbonyl (C=O) groups excluding carboxylic acids is 2. The molecule has 1 saturated carbocycles. The lowest BCUT2D eigenvalue weighted by Crippen LogP contribution is -2.29. The molecule has 0 heterocycles. The van der Waals surface area contributed by atoms with Crippen molar-refractivity contribution >= 4 is 11.9 Å². The molecule has 0 bridgehead atoms. The van der Waals surface area contributed by atoms with E-state index < -0.39 is 17.7 Å². The first kappa shape index (κ1) is 16.0. The van der Waals surface area contributed by atoms with Crippen LogP contribution >= 0.6 is 0 Å². The summed E-state index contributed by atoms with van der Waals surface area (Å²) in [5.74, 6) is -0.916. The molecule has 3 atom stereocenters. The average Bonchev–Trinajstić information content (AvgIpc) is 2.93. The maximum Gasteiger partial charge on any atom is 0.335 e. The highest BCUT2D eigenvalue weighted by molar-refractivity contribution is 5.77. The van der Waals surface area contributed by atoms with Gasteiger partial charge >= 0.3 is 11.9 Å². The van der Waals surface area contributed by atoms with Gasteiger partial charge in [-0.05, 0) is 48.0 Å². The molecule has 1 aliphatic carbocycles. The molecule has 5 nitrogen and oxygen atoms in total. The van der Waals surface area contributed by atoms with Crippen LogP contribution in [-0.2, 0) is 23.8 Å². The molecule has 0 saturated heterocycles. The molecule has 0 spiro atoms. The Morgan fingerprint density at radius 2 is 1.74 bits per heavy atom. The molecule has 110 valence electrons. The largest absolute Gasteiger partial charge is 0.461 e. The van der Waals surface area contributed by atoms with Gasteiger partial charge in [0.25, 0.3) is 0 Å². The first-order valence-corrected chi connectivity index (χ1v) is 6.69. The van der Waals surface area contributed by atoms with Crippen LogP contribution in [0.2, 0.25) is 0 Å². The topological polar surface area (TPSA) is 61.8 Å². The Kier molecular flexibility index (Phi) is 4.96. The van der Waals surface area contributed by atoms with Crippen LogP contribution in [0.1, 0.15) is 48.0 Å². The number of hydrogen-bond acceptors (Lipinski definition) is 5. The van der Waals surface area contributed by atoms with Crippen molar-refractivity contribution in [2.24, 2.45) is 5.92 Å². The summed E-state index contributed by atoms with van der Waals surface area (Å²) in [7, 11) is 0. The first-order valence-electron chi connectivity index (χ1n) is 6.69. The molecule has 1 fully saturated rings. The second kappa shape index (κ2) is 5.90. The Bertz CT molecular complexity index is 342. The average molecular weight is 272 g/mol. The van der Waals surface area contributed by atoms with Crippen LogP contribution in [0.15, 0.2) is 0 Å². The zero-order chi connectivity index (χ0) is 14.8. The lowest BCUT2D eigenvalue weighted by atomic mass is 10.2. The molecule has 19 heavy (non-hydrogen) atoms. The number of hydrogen-bond donors (Lipinski definition) is 0. The van der Waals surface area contributed by atoms with E-state index in [-0.39, 0.29) is 24.1 Å². The summed E-state index contributed by atoms with van der Waals surface area (Å²) >= 11 is 0. The predicted octanol–water partition coefficient (Wildman–Crippen LogP) is 2.07. The van der Waals surface area contributed by atoms with Crippen LogP contribution < -0.4 is 0 Å². The van der Waals surface area contributed by atoms with E-state index in [4.69, 9.17) is 14.2 Å². The summed E-state index contributed by atoms with van der Waals surface area (Å²) in [5.41, 5.74) is -0.494. The zero-order valence-corrected chi connectivity index (χ0v) is 12.6. The van der Waals surface area contributed by atoms with E-state index in [1.165, 1.54) is 0 Å². The van der Waals surface area contributed by atoms with Crippen molar-refractivity contribution in [1.29, 1.82) is 0 Å². The van der Waals surface area contributed by atoms with Gasteiger partial charge in [-0.25, -0.2) is 4.79 Å². The Morgan fingerprint density at radius 3 is 2.21 bits per heavy atom. The van der Waals surface area contributed by atoms with Crippen molar-refractivity contribution < 1.29 is 23.8 Å². The minimum atomic E-state index is -0.653. The summed E-state index contributed by atoms with van der Waals surface area (Å²) in [5, 5.41) is 0. The van der Waals surface area contributed by atoms with Crippen molar-refractivity contribution in [3.63, 3.8) is 0 Å². The number of ether oxygens (including phenoxy) is 3. The Labute approximate surface area is 114 Å². The van der Waals surface area contributed by atoms with E-state index in [0.717, 1.165) is 0 Å². The molecule has 5 heteroatoms.